The van der Waals surface area contributed by atoms with Crippen molar-refractivity contribution in [3.63, 3.8) is 0 Å². The van der Waals surface area contributed by atoms with Gasteiger partial charge in [0.05, 0.1) is 24.9 Å². The lowest BCUT2D eigenvalue weighted by atomic mass is 9.34. The van der Waals surface area contributed by atoms with E-state index >= 15 is 0 Å². The Bertz CT molecular complexity index is 1080. The third-order valence-corrected chi connectivity index (χ3v) is 8.10. The van der Waals surface area contributed by atoms with Crippen molar-refractivity contribution >= 4 is 5.91 Å². The van der Waals surface area contributed by atoms with Crippen LogP contribution in [0.3, 0.4) is 0 Å². The molecule has 1 aromatic heterocycles. The number of carbonyl (C=O) groups is 1. The number of aromatic nitrogens is 2. The van der Waals surface area contributed by atoms with Gasteiger partial charge in [-0.05, 0) is 62.1 Å². The minimum atomic E-state index is -1.07. The van der Waals surface area contributed by atoms with E-state index in [2.05, 4.69) is 9.97 Å². The van der Waals surface area contributed by atoms with Crippen LogP contribution in [0.25, 0.3) is 0 Å². The van der Waals surface area contributed by atoms with Crippen LogP contribution in [0, 0.1) is 29.4 Å². The number of ether oxygens (including phenoxy) is 1. The average molecular weight is 488 g/mol. The quantitative estimate of drug-likeness (QED) is 0.393. The molecule has 8 heteroatoms. The van der Waals surface area contributed by atoms with E-state index in [1.165, 1.54) is 18.5 Å². The Morgan fingerprint density at radius 3 is 2.71 bits per heavy atom. The Balaban J connectivity index is 1.01. The van der Waals surface area contributed by atoms with Crippen LogP contribution in [0.5, 0.6) is 5.88 Å². The van der Waals surface area contributed by atoms with Gasteiger partial charge < -0.3 is 9.64 Å². The van der Waals surface area contributed by atoms with Crippen molar-refractivity contribution in [3.8, 4) is 5.88 Å². The highest BCUT2D eigenvalue weighted by atomic mass is 19.1. The number of aryl methyl sites for hydroxylation is 1. The minimum absolute atomic E-state index is 0.0395. The first-order valence-electron chi connectivity index (χ1n) is 12.6. The number of nitrogens with zero attached hydrogens (tertiary/aromatic N) is 3. The molecule has 1 saturated heterocycles. The van der Waals surface area contributed by atoms with Crippen molar-refractivity contribution in [2.24, 2.45) is 10.8 Å². The molecule has 2 bridgehead atoms. The molecule has 1 aromatic carbocycles. The van der Waals surface area contributed by atoms with Gasteiger partial charge >= 0.3 is 0 Å². The van der Waals surface area contributed by atoms with E-state index in [1.807, 2.05) is 0 Å². The summed E-state index contributed by atoms with van der Waals surface area (Å²) in [7, 11) is 0. The Hall–Kier alpha value is -2.64. The molecular weight excluding hydrogens is 455 g/mol. The summed E-state index contributed by atoms with van der Waals surface area (Å²) in [4.78, 5) is 22.1. The monoisotopic (exact) mass is 487 g/mol. The van der Waals surface area contributed by atoms with Gasteiger partial charge in [-0.1, -0.05) is 25.0 Å². The van der Waals surface area contributed by atoms with E-state index < -0.39 is 12.0 Å². The number of hydrogen-bond donors (Lipinski definition) is 0. The summed E-state index contributed by atoms with van der Waals surface area (Å²) in [6, 6.07) is 5.74. The Labute approximate surface area is 204 Å². The van der Waals surface area contributed by atoms with Gasteiger partial charge in [0.25, 0.3) is 5.88 Å². The smallest absolute Gasteiger partial charge is 0.253 e. The largest absolute Gasteiger partial charge is 0.475 e. The van der Waals surface area contributed by atoms with Crippen molar-refractivity contribution in [1.29, 1.82) is 0 Å². The summed E-state index contributed by atoms with van der Waals surface area (Å²) in [5.41, 5.74) is 1.50. The van der Waals surface area contributed by atoms with E-state index in [0.717, 1.165) is 44.9 Å². The number of benzene rings is 1. The molecule has 4 aliphatic rings. The summed E-state index contributed by atoms with van der Waals surface area (Å²) in [5, 5.41) is 0. The fraction of sp³-hybridized carbons (Fsp3) is 0.593. The zero-order valence-electron chi connectivity index (χ0n) is 20.1. The van der Waals surface area contributed by atoms with Crippen LogP contribution in [0.2, 0.25) is 0 Å². The van der Waals surface area contributed by atoms with Gasteiger partial charge in [-0.25, -0.2) is 13.8 Å². The molecule has 3 saturated carbocycles. The van der Waals surface area contributed by atoms with Gasteiger partial charge in [-0.2, -0.15) is 9.37 Å². The third-order valence-electron chi connectivity index (χ3n) is 8.10. The normalized spacial score (nSPS) is 29.0. The maximum absolute atomic E-state index is 14.1. The maximum Gasteiger partial charge on any atom is 0.253 e. The van der Waals surface area contributed by atoms with Crippen molar-refractivity contribution in [3.05, 3.63) is 53.5 Å². The van der Waals surface area contributed by atoms with E-state index in [0.29, 0.717) is 29.7 Å². The summed E-state index contributed by atoms with van der Waals surface area (Å²) in [5.74, 6) is -0.858. The maximum atomic E-state index is 14.1. The van der Waals surface area contributed by atoms with Gasteiger partial charge in [-0.3, -0.25) is 4.79 Å². The number of hydrogen-bond acceptors (Lipinski definition) is 4. The molecule has 2 aromatic rings. The summed E-state index contributed by atoms with van der Waals surface area (Å²) >= 11 is 0. The SMILES string of the molecule is Cc1ncnc(OCC23CC(CCCCCC(=O)N4CC(F)CC4c4cccc(F)c4)(C2)C3)c1F. The zero-order chi connectivity index (χ0) is 24.6. The van der Waals surface area contributed by atoms with E-state index in [1.54, 1.807) is 24.0 Å². The fourth-order valence-corrected chi connectivity index (χ4v) is 6.59. The average Bonchev–Trinajstić information content (AvgIpc) is 3.18. The number of carbonyl (C=O) groups excluding carboxylic acids is 1. The fourth-order valence-electron chi connectivity index (χ4n) is 6.59. The van der Waals surface area contributed by atoms with Crippen LogP contribution in [-0.4, -0.2) is 40.1 Å². The highest BCUT2D eigenvalue weighted by Crippen LogP contribution is 2.75. The molecule has 188 valence electrons. The number of halogens is 3. The number of alkyl halides is 1. The highest BCUT2D eigenvalue weighted by Gasteiger charge is 2.67. The van der Waals surface area contributed by atoms with Crippen molar-refractivity contribution in [1.82, 2.24) is 14.9 Å². The lowest BCUT2D eigenvalue weighted by molar-refractivity contribution is -0.223. The molecule has 0 radical (unpaired) electrons. The molecule has 1 aliphatic heterocycles. The molecule has 6 rings (SSSR count). The predicted octanol–water partition coefficient (Wildman–Crippen LogP) is 5.87. The van der Waals surface area contributed by atoms with Gasteiger partial charge in [0.2, 0.25) is 11.7 Å². The van der Waals surface area contributed by atoms with Crippen molar-refractivity contribution in [2.45, 2.75) is 76.9 Å². The van der Waals surface area contributed by atoms with Crippen LogP contribution < -0.4 is 4.74 Å². The Morgan fingerprint density at radius 2 is 1.94 bits per heavy atom. The van der Waals surface area contributed by atoms with Crippen LogP contribution in [0.15, 0.2) is 30.6 Å². The van der Waals surface area contributed by atoms with Crippen LogP contribution in [0.1, 0.15) is 75.1 Å². The minimum Gasteiger partial charge on any atom is -0.475 e. The molecule has 5 nitrogen and oxygen atoms in total. The number of amides is 1. The molecule has 3 aliphatic carbocycles. The van der Waals surface area contributed by atoms with E-state index in [4.69, 9.17) is 4.74 Å². The molecule has 2 heterocycles. The topological polar surface area (TPSA) is 55.3 Å². The Morgan fingerprint density at radius 1 is 1.14 bits per heavy atom. The van der Waals surface area contributed by atoms with E-state index in [-0.39, 0.29) is 42.0 Å². The second-order valence-corrected chi connectivity index (χ2v) is 10.9. The molecule has 2 unspecified atom stereocenters. The molecule has 35 heavy (non-hydrogen) atoms. The summed E-state index contributed by atoms with van der Waals surface area (Å²) in [6.07, 6.45) is 8.11. The highest BCUT2D eigenvalue weighted by molar-refractivity contribution is 5.77. The first-order valence-corrected chi connectivity index (χ1v) is 12.6. The molecule has 1 amide bonds. The molecule has 2 atom stereocenters. The van der Waals surface area contributed by atoms with Crippen molar-refractivity contribution in [2.75, 3.05) is 13.2 Å². The Kier molecular flexibility index (Phi) is 6.49. The first kappa shape index (κ1) is 24.1. The summed E-state index contributed by atoms with van der Waals surface area (Å²) < 4.78 is 47.4. The second kappa shape index (κ2) is 9.43. The van der Waals surface area contributed by atoms with Crippen LogP contribution in [0.4, 0.5) is 13.2 Å². The van der Waals surface area contributed by atoms with Gasteiger partial charge in [-0.15, -0.1) is 0 Å². The molecule has 4 fully saturated rings. The third kappa shape index (κ3) is 4.89. The van der Waals surface area contributed by atoms with Crippen LogP contribution >= 0.6 is 0 Å². The van der Waals surface area contributed by atoms with Crippen molar-refractivity contribution < 1.29 is 22.7 Å². The van der Waals surface area contributed by atoms with E-state index in [9.17, 15) is 18.0 Å². The lowest BCUT2D eigenvalue weighted by Crippen LogP contribution is -2.63. The first-order chi connectivity index (χ1) is 16.8. The van der Waals surface area contributed by atoms with Gasteiger partial charge in [0, 0.05) is 18.3 Å². The molecule has 0 N–H and O–H groups in total. The number of unbranched alkanes of at least 4 members (excludes halogenated alkanes) is 2. The van der Waals surface area contributed by atoms with Gasteiger partial charge in [0.1, 0.15) is 18.3 Å². The second-order valence-electron chi connectivity index (χ2n) is 10.9. The zero-order valence-corrected chi connectivity index (χ0v) is 20.1. The molecular formula is C27H32F3N3O2. The van der Waals surface area contributed by atoms with Gasteiger partial charge in [0.15, 0.2) is 0 Å². The standard InChI is InChI=1S/C27H32F3N3O2/c1-18-24(30)25(32-17-31-18)35-16-27-13-26(14-27,15-27)9-4-2-3-8-23(34)33-12-21(29)11-22(33)19-6-5-7-20(28)10-19/h5-7,10,17,21-22H,2-4,8-9,11-16H2,1H3. The lowest BCUT2D eigenvalue weighted by Gasteiger charge is -2.71. The van der Waals surface area contributed by atoms with Crippen LogP contribution in [-0.2, 0) is 4.79 Å². The number of rotatable bonds is 10. The predicted molar refractivity (Wildman–Crippen MR) is 124 cm³/mol. The summed E-state index contributed by atoms with van der Waals surface area (Å²) in [6.45, 7) is 2.18. The number of likely N-dealkylation sites (tertiary alicyclic amines) is 1. The molecule has 0 spiro atoms.